The smallest absolute Gasteiger partial charge is 0.0743 e. The Hall–Kier alpha value is -0.770. The third-order valence-corrected chi connectivity index (χ3v) is 4.81. The summed E-state index contributed by atoms with van der Waals surface area (Å²) >= 11 is 6.39. The molecule has 2 N–H and O–H groups in total. The van der Waals surface area contributed by atoms with Gasteiger partial charge in [-0.05, 0) is 44.5 Å². The molecule has 20 heavy (non-hydrogen) atoms. The van der Waals surface area contributed by atoms with Crippen LogP contribution in [0.2, 0.25) is 5.02 Å². The van der Waals surface area contributed by atoms with E-state index in [4.69, 9.17) is 11.6 Å². The van der Waals surface area contributed by atoms with Crippen LogP contribution in [-0.4, -0.2) is 31.3 Å². The standard InChI is InChI=1S/C16H25ClN2O/c1-11(18-2)13-9-8-12(10-14(13)17)19(3)15-6-4-5-7-16(15)20/h8-11,15-16,18,20H,4-7H2,1-3H3. The Morgan fingerprint density at radius 2 is 2.05 bits per heavy atom. The molecule has 0 saturated heterocycles. The molecule has 3 atom stereocenters. The van der Waals surface area contributed by atoms with Crippen LogP contribution >= 0.6 is 11.6 Å². The molecule has 1 saturated carbocycles. The van der Waals surface area contributed by atoms with Crippen LogP contribution in [0.1, 0.15) is 44.2 Å². The number of hydrogen-bond donors (Lipinski definition) is 2. The van der Waals surface area contributed by atoms with Gasteiger partial charge in [0.05, 0.1) is 12.1 Å². The van der Waals surface area contributed by atoms with Crippen LogP contribution in [-0.2, 0) is 0 Å². The first kappa shape index (κ1) is 15.6. The number of aliphatic hydroxyl groups is 1. The van der Waals surface area contributed by atoms with Crippen LogP contribution in [0.3, 0.4) is 0 Å². The Kier molecular flexibility index (Phi) is 5.30. The Bertz CT molecular complexity index is 452. The van der Waals surface area contributed by atoms with Crippen molar-refractivity contribution >= 4 is 17.3 Å². The number of likely N-dealkylation sites (N-methyl/N-ethyl adjacent to an activating group) is 1. The van der Waals surface area contributed by atoms with Crippen LogP contribution in [0, 0.1) is 0 Å². The zero-order valence-corrected chi connectivity index (χ0v) is 13.3. The highest BCUT2D eigenvalue weighted by Crippen LogP contribution is 2.31. The first-order chi connectivity index (χ1) is 9.54. The minimum absolute atomic E-state index is 0.201. The van der Waals surface area contributed by atoms with Crippen molar-refractivity contribution in [3.63, 3.8) is 0 Å². The van der Waals surface area contributed by atoms with E-state index in [-0.39, 0.29) is 18.2 Å². The maximum atomic E-state index is 10.2. The van der Waals surface area contributed by atoms with E-state index in [0.717, 1.165) is 35.5 Å². The summed E-state index contributed by atoms with van der Waals surface area (Å²) in [5.74, 6) is 0. The van der Waals surface area contributed by atoms with Gasteiger partial charge in [-0.3, -0.25) is 0 Å². The number of rotatable bonds is 4. The molecule has 4 heteroatoms. The van der Waals surface area contributed by atoms with Crippen LogP contribution in [0.25, 0.3) is 0 Å². The predicted molar refractivity (Wildman–Crippen MR) is 85.6 cm³/mol. The van der Waals surface area contributed by atoms with Gasteiger partial charge in [-0.25, -0.2) is 0 Å². The maximum absolute atomic E-state index is 10.2. The second-order valence-corrected chi connectivity index (χ2v) is 6.15. The molecular weight excluding hydrogens is 272 g/mol. The van der Waals surface area contributed by atoms with Gasteiger partial charge in [0.15, 0.2) is 0 Å². The molecule has 0 spiro atoms. The van der Waals surface area contributed by atoms with Gasteiger partial charge in [0.2, 0.25) is 0 Å². The third-order valence-electron chi connectivity index (χ3n) is 4.48. The van der Waals surface area contributed by atoms with Gasteiger partial charge >= 0.3 is 0 Å². The monoisotopic (exact) mass is 296 g/mol. The number of halogens is 1. The highest BCUT2D eigenvalue weighted by Gasteiger charge is 2.27. The molecule has 0 aromatic heterocycles. The summed E-state index contributed by atoms with van der Waals surface area (Å²) in [4.78, 5) is 2.17. The topological polar surface area (TPSA) is 35.5 Å². The molecular formula is C16H25ClN2O. The van der Waals surface area contributed by atoms with E-state index in [1.54, 1.807) is 0 Å². The molecule has 0 heterocycles. The molecule has 0 aliphatic heterocycles. The largest absolute Gasteiger partial charge is 0.391 e. The van der Waals surface area contributed by atoms with Gasteiger partial charge in [0, 0.05) is 23.8 Å². The molecule has 2 rings (SSSR count). The minimum Gasteiger partial charge on any atom is -0.391 e. The first-order valence-electron chi connectivity index (χ1n) is 7.42. The molecule has 1 aromatic carbocycles. The molecule has 1 fully saturated rings. The van der Waals surface area contributed by atoms with Gasteiger partial charge in [-0.2, -0.15) is 0 Å². The Balaban J connectivity index is 2.18. The van der Waals surface area contributed by atoms with E-state index >= 15 is 0 Å². The van der Waals surface area contributed by atoms with Crippen LogP contribution in [0.4, 0.5) is 5.69 Å². The number of aliphatic hydroxyl groups excluding tert-OH is 1. The summed E-state index contributed by atoms with van der Waals surface area (Å²) in [5, 5.41) is 14.1. The SMILES string of the molecule is CNC(C)c1ccc(N(C)C2CCCCC2O)cc1Cl. The lowest BCUT2D eigenvalue weighted by Gasteiger charge is -2.36. The fourth-order valence-electron chi connectivity index (χ4n) is 2.98. The summed E-state index contributed by atoms with van der Waals surface area (Å²) in [6.07, 6.45) is 4.03. The highest BCUT2D eigenvalue weighted by molar-refractivity contribution is 6.31. The lowest BCUT2D eigenvalue weighted by atomic mass is 9.91. The first-order valence-corrected chi connectivity index (χ1v) is 7.80. The van der Waals surface area contributed by atoms with Crippen molar-refractivity contribution in [3.8, 4) is 0 Å². The highest BCUT2D eigenvalue weighted by atomic mass is 35.5. The normalized spacial score (nSPS) is 24.4. The Labute approximate surface area is 126 Å². The van der Waals surface area contributed by atoms with Gasteiger partial charge in [-0.1, -0.05) is 30.5 Å². The summed E-state index contributed by atoms with van der Waals surface area (Å²) < 4.78 is 0. The van der Waals surface area contributed by atoms with E-state index in [1.165, 1.54) is 6.42 Å². The Morgan fingerprint density at radius 3 is 2.65 bits per heavy atom. The van der Waals surface area contributed by atoms with Gasteiger partial charge < -0.3 is 15.3 Å². The quantitative estimate of drug-likeness (QED) is 0.894. The van der Waals surface area contributed by atoms with Crippen molar-refractivity contribution in [1.82, 2.24) is 5.32 Å². The summed E-state index contributed by atoms with van der Waals surface area (Å²) in [6, 6.07) is 6.61. The van der Waals surface area contributed by atoms with E-state index in [9.17, 15) is 5.11 Å². The maximum Gasteiger partial charge on any atom is 0.0743 e. The zero-order chi connectivity index (χ0) is 14.7. The van der Waals surface area contributed by atoms with E-state index in [0.29, 0.717) is 0 Å². The van der Waals surface area contributed by atoms with Gasteiger partial charge in [0.1, 0.15) is 0 Å². The second kappa shape index (κ2) is 6.79. The van der Waals surface area contributed by atoms with Crippen LogP contribution < -0.4 is 10.2 Å². The lowest BCUT2D eigenvalue weighted by molar-refractivity contribution is 0.106. The molecule has 1 aliphatic rings. The van der Waals surface area contributed by atoms with Gasteiger partial charge in [-0.15, -0.1) is 0 Å². The fourth-order valence-corrected chi connectivity index (χ4v) is 3.32. The Morgan fingerprint density at radius 1 is 1.35 bits per heavy atom. The predicted octanol–water partition coefficient (Wildman–Crippen LogP) is 3.36. The number of anilines is 1. The third kappa shape index (κ3) is 3.27. The molecule has 1 aromatic rings. The molecule has 3 unspecified atom stereocenters. The van der Waals surface area contributed by atoms with Crippen LogP contribution in [0.15, 0.2) is 18.2 Å². The van der Waals surface area contributed by atoms with Gasteiger partial charge in [0.25, 0.3) is 0 Å². The summed E-state index contributed by atoms with van der Waals surface area (Å²) in [5.41, 5.74) is 2.18. The second-order valence-electron chi connectivity index (χ2n) is 5.75. The molecule has 0 radical (unpaired) electrons. The fraction of sp³-hybridized carbons (Fsp3) is 0.625. The molecule has 1 aliphatic carbocycles. The van der Waals surface area contributed by atoms with E-state index in [1.807, 2.05) is 20.2 Å². The lowest BCUT2D eigenvalue weighted by Crippen LogP contribution is -2.43. The average molecular weight is 297 g/mol. The summed E-state index contributed by atoms with van der Waals surface area (Å²) in [6.45, 7) is 2.09. The van der Waals surface area contributed by atoms with Crippen LogP contribution in [0.5, 0.6) is 0 Å². The van der Waals surface area contributed by atoms with Crippen molar-refractivity contribution in [2.75, 3.05) is 19.0 Å². The van der Waals surface area contributed by atoms with E-state index in [2.05, 4.69) is 29.3 Å². The molecule has 0 amide bonds. The van der Waals surface area contributed by atoms with Crippen molar-refractivity contribution in [1.29, 1.82) is 0 Å². The molecule has 112 valence electrons. The van der Waals surface area contributed by atoms with Crippen molar-refractivity contribution in [2.45, 2.75) is 50.8 Å². The van der Waals surface area contributed by atoms with Crippen molar-refractivity contribution < 1.29 is 5.11 Å². The van der Waals surface area contributed by atoms with Crippen molar-refractivity contribution in [3.05, 3.63) is 28.8 Å². The molecule has 3 nitrogen and oxygen atoms in total. The van der Waals surface area contributed by atoms with Crippen molar-refractivity contribution in [2.24, 2.45) is 0 Å². The number of nitrogens with one attached hydrogen (secondary N) is 1. The summed E-state index contributed by atoms with van der Waals surface area (Å²) in [7, 11) is 3.98. The number of benzene rings is 1. The minimum atomic E-state index is -0.233. The van der Waals surface area contributed by atoms with E-state index < -0.39 is 0 Å². The number of nitrogens with zero attached hydrogens (tertiary/aromatic N) is 1. The molecule has 0 bridgehead atoms. The number of hydrogen-bond acceptors (Lipinski definition) is 3. The zero-order valence-electron chi connectivity index (χ0n) is 12.6. The average Bonchev–Trinajstić information content (AvgIpc) is 2.46.